The Bertz CT molecular complexity index is 443. The van der Waals surface area contributed by atoms with Crippen LogP contribution in [-0.2, 0) is 11.3 Å². The summed E-state index contributed by atoms with van der Waals surface area (Å²) in [7, 11) is 1.78. The van der Waals surface area contributed by atoms with E-state index in [9.17, 15) is 4.79 Å². The summed E-state index contributed by atoms with van der Waals surface area (Å²) in [6.45, 7) is 4.23. The lowest BCUT2D eigenvalue weighted by molar-refractivity contribution is -0.140. The van der Waals surface area contributed by atoms with E-state index in [-0.39, 0.29) is 11.9 Å². The van der Waals surface area contributed by atoms with Crippen LogP contribution in [0, 0.1) is 12.3 Å². The average molecular weight is 251 g/mol. The van der Waals surface area contributed by atoms with Gasteiger partial charge in [-0.05, 0) is 26.7 Å². The van der Waals surface area contributed by atoms with Crippen LogP contribution in [-0.4, -0.2) is 39.1 Å². The van der Waals surface area contributed by atoms with Gasteiger partial charge in [-0.25, -0.2) is 4.98 Å². The van der Waals surface area contributed by atoms with Gasteiger partial charge >= 0.3 is 0 Å². The van der Waals surface area contributed by atoms with Gasteiger partial charge in [0, 0.05) is 13.1 Å². The first-order valence-corrected chi connectivity index (χ1v) is 6.32. The minimum atomic E-state index is -0.430. The largest absolute Gasteiger partial charge is 0.338 e. The minimum absolute atomic E-state index is 0.0404. The van der Waals surface area contributed by atoms with Gasteiger partial charge in [0.15, 0.2) is 5.82 Å². The summed E-state index contributed by atoms with van der Waals surface area (Å²) in [5.74, 6) is 1.49. The number of aromatic nitrogens is 3. The third-order valence-corrected chi connectivity index (χ3v) is 3.89. The highest BCUT2D eigenvalue weighted by atomic mass is 16.2. The summed E-state index contributed by atoms with van der Waals surface area (Å²) in [5.41, 5.74) is 5.63. The number of rotatable bonds is 3. The summed E-state index contributed by atoms with van der Waals surface area (Å²) >= 11 is 0. The zero-order valence-electron chi connectivity index (χ0n) is 11.2. The fourth-order valence-electron chi connectivity index (χ4n) is 2.64. The molecule has 18 heavy (non-hydrogen) atoms. The van der Waals surface area contributed by atoms with Gasteiger partial charge in [-0.2, -0.15) is 5.10 Å². The highest BCUT2D eigenvalue weighted by Crippen LogP contribution is 2.38. The molecule has 2 rings (SSSR count). The predicted molar refractivity (Wildman–Crippen MR) is 67.5 cm³/mol. The summed E-state index contributed by atoms with van der Waals surface area (Å²) in [4.78, 5) is 18.4. The molecule has 1 aromatic heterocycles. The Labute approximate surface area is 107 Å². The van der Waals surface area contributed by atoms with E-state index in [1.165, 1.54) is 0 Å². The van der Waals surface area contributed by atoms with Gasteiger partial charge in [0.05, 0.1) is 12.0 Å². The molecule has 6 nitrogen and oxygen atoms in total. The summed E-state index contributed by atoms with van der Waals surface area (Å²) in [5, 5.41) is 6.82. The number of hydrogen-bond donors (Lipinski definition) is 2. The van der Waals surface area contributed by atoms with Crippen LogP contribution in [0.1, 0.15) is 37.8 Å². The smallest absolute Gasteiger partial charge is 0.230 e. The quantitative estimate of drug-likeness (QED) is 0.823. The lowest BCUT2D eigenvalue weighted by Gasteiger charge is -2.31. The van der Waals surface area contributed by atoms with Gasteiger partial charge in [-0.1, -0.05) is 6.42 Å². The summed E-state index contributed by atoms with van der Waals surface area (Å²) in [6.07, 6.45) is 2.82. The van der Waals surface area contributed by atoms with E-state index in [0.29, 0.717) is 12.4 Å². The Morgan fingerprint density at radius 1 is 1.67 bits per heavy atom. The van der Waals surface area contributed by atoms with Crippen molar-refractivity contribution in [1.29, 1.82) is 0 Å². The topological polar surface area (TPSA) is 87.9 Å². The van der Waals surface area contributed by atoms with Crippen LogP contribution >= 0.6 is 0 Å². The molecule has 3 N–H and O–H groups in total. The van der Waals surface area contributed by atoms with E-state index in [0.717, 1.165) is 25.1 Å². The molecule has 1 saturated carbocycles. The number of H-pyrrole nitrogens is 1. The Balaban J connectivity index is 2.05. The number of carbonyl (C=O) groups excluding carboxylic acids is 1. The van der Waals surface area contributed by atoms with E-state index < -0.39 is 5.41 Å². The van der Waals surface area contributed by atoms with Crippen molar-refractivity contribution in [2.75, 3.05) is 7.05 Å². The van der Waals surface area contributed by atoms with Crippen LogP contribution in [0.4, 0.5) is 0 Å². The molecule has 0 spiro atoms. The first-order valence-electron chi connectivity index (χ1n) is 6.32. The normalized spacial score (nSPS) is 27.4. The maximum absolute atomic E-state index is 12.5. The van der Waals surface area contributed by atoms with Crippen LogP contribution < -0.4 is 5.73 Å². The Morgan fingerprint density at radius 3 is 2.89 bits per heavy atom. The van der Waals surface area contributed by atoms with Crippen LogP contribution in [0.15, 0.2) is 0 Å². The van der Waals surface area contributed by atoms with Crippen molar-refractivity contribution in [1.82, 2.24) is 20.1 Å². The molecule has 2 unspecified atom stereocenters. The van der Waals surface area contributed by atoms with Crippen molar-refractivity contribution in [2.24, 2.45) is 11.1 Å². The fraction of sp³-hybridized carbons (Fsp3) is 0.750. The molecule has 1 amide bonds. The molecule has 1 heterocycles. The summed E-state index contributed by atoms with van der Waals surface area (Å²) in [6, 6.07) is -0.0404. The fourth-order valence-corrected chi connectivity index (χ4v) is 2.64. The van der Waals surface area contributed by atoms with Crippen molar-refractivity contribution in [3.63, 3.8) is 0 Å². The van der Waals surface area contributed by atoms with Crippen LogP contribution in [0.5, 0.6) is 0 Å². The minimum Gasteiger partial charge on any atom is -0.338 e. The van der Waals surface area contributed by atoms with E-state index in [1.54, 1.807) is 11.9 Å². The molecule has 100 valence electrons. The number of nitrogens with one attached hydrogen (secondary N) is 1. The van der Waals surface area contributed by atoms with Crippen molar-refractivity contribution < 1.29 is 4.79 Å². The molecule has 0 aliphatic heterocycles. The van der Waals surface area contributed by atoms with Gasteiger partial charge in [0.1, 0.15) is 5.82 Å². The molecule has 0 radical (unpaired) electrons. The van der Waals surface area contributed by atoms with Crippen molar-refractivity contribution in [2.45, 2.75) is 45.7 Å². The number of amides is 1. The second-order valence-corrected chi connectivity index (χ2v) is 5.41. The van der Waals surface area contributed by atoms with Gasteiger partial charge < -0.3 is 10.6 Å². The number of nitrogens with zero attached hydrogens (tertiary/aromatic N) is 3. The van der Waals surface area contributed by atoms with E-state index in [1.807, 2.05) is 13.8 Å². The molecule has 1 fully saturated rings. The van der Waals surface area contributed by atoms with E-state index in [2.05, 4.69) is 15.2 Å². The van der Waals surface area contributed by atoms with Crippen molar-refractivity contribution in [3.8, 4) is 0 Å². The molecule has 1 aromatic rings. The second kappa shape index (κ2) is 4.68. The molecule has 0 saturated heterocycles. The number of carbonyl (C=O) groups is 1. The number of hydrogen-bond acceptors (Lipinski definition) is 4. The lowest BCUT2D eigenvalue weighted by Crippen LogP contribution is -2.47. The third kappa shape index (κ3) is 2.25. The highest BCUT2D eigenvalue weighted by Gasteiger charge is 2.44. The maximum atomic E-state index is 12.5. The van der Waals surface area contributed by atoms with Gasteiger partial charge in [0.25, 0.3) is 0 Å². The number of aromatic amines is 1. The zero-order valence-corrected chi connectivity index (χ0v) is 11.2. The molecular weight excluding hydrogens is 230 g/mol. The Kier molecular flexibility index (Phi) is 3.38. The van der Waals surface area contributed by atoms with Gasteiger partial charge in [0.2, 0.25) is 5.91 Å². The first-order chi connectivity index (χ1) is 8.43. The van der Waals surface area contributed by atoms with Crippen molar-refractivity contribution >= 4 is 5.91 Å². The monoisotopic (exact) mass is 251 g/mol. The first kappa shape index (κ1) is 13.0. The summed E-state index contributed by atoms with van der Waals surface area (Å²) < 4.78 is 0. The molecule has 2 atom stereocenters. The highest BCUT2D eigenvalue weighted by molar-refractivity contribution is 5.83. The van der Waals surface area contributed by atoms with Crippen LogP contribution in [0.25, 0.3) is 0 Å². The molecular formula is C12H21N5O. The molecule has 0 bridgehead atoms. The third-order valence-electron chi connectivity index (χ3n) is 3.89. The average Bonchev–Trinajstić information content (AvgIpc) is 2.86. The SMILES string of the molecule is Cc1nc(CN(C)C(=O)C2(C)CCCC2N)n[nH]1. The molecule has 0 aromatic carbocycles. The standard InChI is InChI=1S/C12H21N5O/c1-8-14-10(16-15-8)7-17(3)11(18)12(2)6-4-5-9(12)13/h9H,4-7,13H2,1-3H3,(H,14,15,16). The molecule has 1 aliphatic carbocycles. The van der Waals surface area contributed by atoms with E-state index >= 15 is 0 Å². The van der Waals surface area contributed by atoms with Gasteiger partial charge in [-0.15, -0.1) is 0 Å². The Hall–Kier alpha value is -1.43. The number of nitrogens with two attached hydrogens (primary N) is 1. The van der Waals surface area contributed by atoms with E-state index in [4.69, 9.17) is 5.73 Å². The lowest BCUT2D eigenvalue weighted by atomic mass is 9.83. The Morgan fingerprint density at radius 2 is 2.39 bits per heavy atom. The number of aryl methyl sites for hydroxylation is 1. The van der Waals surface area contributed by atoms with Crippen LogP contribution in [0.2, 0.25) is 0 Å². The predicted octanol–water partition coefficient (Wildman–Crippen LogP) is 0.589. The van der Waals surface area contributed by atoms with Crippen molar-refractivity contribution in [3.05, 3.63) is 11.6 Å². The zero-order chi connectivity index (χ0) is 13.3. The molecule has 1 aliphatic rings. The second-order valence-electron chi connectivity index (χ2n) is 5.41. The van der Waals surface area contributed by atoms with Gasteiger partial charge in [-0.3, -0.25) is 9.89 Å². The molecule has 6 heteroatoms. The maximum Gasteiger partial charge on any atom is 0.230 e. The van der Waals surface area contributed by atoms with Crippen LogP contribution in [0.3, 0.4) is 0 Å².